The Hall–Kier alpha value is -1.51. The van der Waals surface area contributed by atoms with Crippen LogP contribution in [0.1, 0.15) is 51.0 Å². The predicted molar refractivity (Wildman–Crippen MR) is 88.3 cm³/mol. The molecule has 1 saturated heterocycles. The average Bonchev–Trinajstić information content (AvgIpc) is 2.96. The number of ether oxygens (including phenoxy) is 1. The molecule has 1 amide bonds. The van der Waals surface area contributed by atoms with Crippen LogP contribution < -0.4 is 10.1 Å². The first-order chi connectivity index (χ1) is 11.2. The fraction of sp³-hybridized carbons (Fsp3) is 0.650. The van der Waals surface area contributed by atoms with Gasteiger partial charge in [0.2, 0.25) is 5.91 Å². The summed E-state index contributed by atoms with van der Waals surface area (Å²) >= 11 is 0. The molecule has 3 nitrogen and oxygen atoms in total. The lowest BCUT2D eigenvalue weighted by atomic mass is 9.39. The largest absolute Gasteiger partial charge is 0.489 e. The summed E-state index contributed by atoms with van der Waals surface area (Å²) in [6.07, 6.45) is 6.92. The molecule has 6 rings (SSSR count). The van der Waals surface area contributed by atoms with Crippen LogP contribution >= 0.6 is 0 Å². The first kappa shape index (κ1) is 13.9. The van der Waals surface area contributed by atoms with Gasteiger partial charge in [-0.1, -0.05) is 31.5 Å². The van der Waals surface area contributed by atoms with E-state index in [-0.39, 0.29) is 16.9 Å². The summed E-state index contributed by atoms with van der Waals surface area (Å²) in [5.74, 6) is 2.47. The van der Waals surface area contributed by atoms with E-state index in [4.69, 9.17) is 4.74 Å². The highest BCUT2D eigenvalue weighted by Crippen LogP contribution is 2.70. The van der Waals surface area contributed by atoms with Crippen LogP contribution in [-0.2, 0) is 10.2 Å². The van der Waals surface area contributed by atoms with Gasteiger partial charge >= 0.3 is 0 Å². The van der Waals surface area contributed by atoms with Gasteiger partial charge in [0, 0.05) is 12.1 Å². The molecule has 23 heavy (non-hydrogen) atoms. The summed E-state index contributed by atoms with van der Waals surface area (Å²) in [5.41, 5.74) is 1.02. The maximum atomic E-state index is 13.1. The van der Waals surface area contributed by atoms with E-state index in [1.54, 1.807) is 0 Å². The summed E-state index contributed by atoms with van der Waals surface area (Å²) in [4.78, 5) is 13.1. The Balaban J connectivity index is 1.80. The summed E-state index contributed by atoms with van der Waals surface area (Å²) in [7, 11) is 0. The van der Waals surface area contributed by atoms with Crippen LogP contribution in [0, 0.1) is 17.3 Å². The number of benzene rings is 1. The lowest BCUT2D eigenvalue weighted by Crippen LogP contribution is -2.73. The van der Waals surface area contributed by atoms with Crippen molar-refractivity contribution in [2.24, 2.45) is 17.3 Å². The van der Waals surface area contributed by atoms with Crippen molar-refractivity contribution in [2.75, 3.05) is 6.54 Å². The average molecular weight is 311 g/mol. The van der Waals surface area contributed by atoms with Crippen molar-refractivity contribution in [1.29, 1.82) is 0 Å². The van der Waals surface area contributed by atoms with Gasteiger partial charge in [-0.25, -0.2) is 0 Å². The fourth-order valence-corrected chi connectivity index (χ4v) is 6.62. The number of fused-ring (bicyclic) bond motifs is 3. The monoisotopic (exact) mass is 311 g/mol. The number of para-hydroxylation sites is 1. The number of rotatable bonds is 2. The van der Waals surface area contributed by atoms with Crippen molar-refractivity contribution in [3.63, 3.8) is 0 Å². The third-order valence-corrected chi connectivity index (χ3v) is 7.36. The van der Waals surface area contributed by atoms with Crippen LogP contribution in [0.4, 0.5) is 0 Å². The fourth-order valence-electron chi connectivity index (χ4n) is 6.62. The van der Waals surface area contributed by atoms with Gasteiger partial charge in [0.15, 0.2) is 0 Å². The molecule has 122 valence electrons. The minimum Gasteiger partial charge on any atom is -0.489 e. The van der Waals surface area contributed by atoms with Crippen LogP contribution in [0.2, 0.25) is 0 Å². The minimum absolute atomic E-state index is 0.0803. The highest BCUT2D eigenvalue weighted by atomic mass is 16.5. The molecule has 2 spiro atoms. The Labute approximate surface area is 137 Å². The first-order valence-corrected chi connectivity index (χ1v) is 9.28. The molecule has 3 heteroatoms. The van der Waals surface area contributed by atoms with Gasteiger partial charge in [-0.15, -0.1) is 0 Å². The zero-order valence-corrected chi connectivity index (χ0v) is 13.8. The molecule has 3 aliphatic carbocycles. The van der Waals surface area contributed by atoms with Crippen LogP contribution in [0.3, 0.4) is 0 Å². The van der Waals surface area contributed by atoms with Gasteiger partial charge in [0.25, 0.3) is 0 Å². The second kappa shape index (κ2) is 4.52. The topological polar surface area (TPSA) is 38.3 Å². The van der Waals surface area contributed by atoms with E-state index in [1.807, 2.05) is 0 Å². The molecule has 2 aliphatic heterocycles. The molecule has 5 aliphatic rings. The number of hydrogen-bond donors (Lipinski definition) is 1. The smallest absolute Gasteiger partial charge is 0.227 e. The zero-order valence-electron chi connectivity index (χ0n) is 13.8. The molecule has 2 bridgehead atoms. The lowest BCUT2D eigenvalue weighted by molar-refractivity contribution is -0.175. The van der Waals surface area contributed by atoms with Gasteiger partial charge in [0.05, 0.1) is 10.8 Å². The van der Waals surface area contributed by atoms with Gasteiger partial charge in [-0.3, -0.25) is 4.79 Å². The maximum absolute atomic E-state index is 13.1. The first-order valence-electron chi connectivity index (χ1n) is 9.28. The van der Waals surface area contributed by atoms with Crippen molar-refractivity contribution in [1.82, 2.24) is 5.32 Å². The standard InChI is InChI=1S/C20H25NO2/c1-2-5-14-12-21-18(22)19-10-8-13(9-11-19)17-20(14,19)15-6-3-4-7-16(15)23-17/h3-4,6-7,13-14,17H,2,5,8-12H2,1H3,(H,21,22). The Morgan fingerprint density at radius 3 is 2.83 bits per heavy atom. The van der Waals surface area contributed by atoms with Crippen molar-refractivity contribution in [3.05, 3.63) is 29.8 Å². The van der Waals surface area contributed by atoms with Crippen LogP contribution in [0.25, 0.3) is 0 Å². The van der Waals surface area contributed by atoms with E-state index in [0.29, 0.717) is 17.7 Å². The third kappa shape index (κ3) is 1.41. The molecular weight excluding hydrogens is 286 g/mol. The Morgan fingerprint density at radius 2 is 2.04 bits per heavy atom. The number of nitrogens with one attached hydrogen (secondary N) is 1. The Bertz CT molecular complexity index is 661. The molecule has 3 unspecified atom stereocenters. The van der Waals surface area contributed by atoms with Gasteiger partial charge in [-0.2, -0.15) is 0 Å². The SMILES string of the molecule is CCCC1CNC(=O)C23CCC(CC2)C2Oc4ccccc4C123. The number of amides is 1. The van der Waals surface area contributed by atoms with Crippen molar-refractivity contribution in [2.45, 2.75) is 57.0 Å². The van der Waals surface area contributed by atoms with Crippen LogP contribution in [0.5, 0.6) is 5.75 Å². The normalized spacial score (nSPS) is 43.2. The molecule has 0 radical (unpaired) electrons. The summed E-state index contributed by atoms with van der Waals surface area (Å²) in [5, 5.41) is 3.28. The van der Waals surface area contributed by atoms with Crippen LogP contribution in [-0.4, -0.2) is 18.6 Å². The molecule has 1 aromatic carbocycles. The van der Waals surface area contributed by atoms with Gasteiger partial charge < -0.3 is 10.1 Å². The number of carbonyl (C=O) groups is 1. The van der Waals surface area contributed by atoms with Crippen LogP contribution in [0.15, 0.2) is 24.3 Å². The minimum atomic E-state index is -0.239. The molecule has 3 atom stereocenters. The van der Waals surface area contributed by atoms with E-state index in [0.717, 1.165) is 44.4 Å². The van der Waals surface area contributed by atoms with E-state index in [1.165, 1.54) is 12.0 Å². The van der Waals surface area contributed by atoms with E-state index in [2.05, 4.69) is 36.5 Å². The van der Waals surface area contributed by atoms with E-state index in [9.17, 15) is 4.79 Å². The molecule has 2 heterocycles. The summed E-state index contributed by atoms with van der Waals surface area (Å²) in [6, 6.07) is 8.56. The van der Waals surface area contributed by atoms with Crippen molar-refractivity contribution >= 4 is 5.91 Å². The predicted octanol–water partition coefficient (Wildman–Crippen LogP) is 3.42. The lowest BCUT2D eigenvalue weighted by Gasteiger charge is -2.64. The third-order valence-electron chi connectivity index (χ3n) is 7.36. The zero-order chi connectivity index (χ0) is 15.7. The van der Waals surface area contributed by atoms with Crippen molar-refractivity contribution in [3.8, 4) is 5.75 Å². The Morgan fingerprint density at radius 1 is 1.26 bits per heavy atom. The molecular formula is C20H25NO2. The molecule has 0 aromatic heterocycles. The Kier molecular flexibility index (Phi) is 2.73. The molecule has 4 fully saturated rings. The van der Waals surface area contributed by atoms with E-state index < -0.39 is 0 Å². The van der Waals surface area contributed by atoms with Gasteiger partial charge in [-0.05, 0) is 50.0 Å². The van der Waals surface area contributed by atoms with E-state index >= 15 is 0 Å². The highest BCUT2D eigenvalue weighted by molar-refractivity contribution is 5.87. The second-order valence-corrected chi connectivity index (χ2v) is 8.02. The second-order valence-electron chi connectivity index (χ2n) is 8.02. The molecule has 1 aromatic rings. The van der Waals surface area contributed by atoms with Gasteiger partial charge in [0.1, 0.15) is 11.9 Å². The highest BCUT2D eigenvalue weighted by Gasteiger charge is 2.74. The quantitative estimate of drug-likeness (QED) is 0.909. The van der Waals surface area contributed by atoms with Crippen molar-refractivity contribution < 1.29 is 9.53 Å². The number of piperidine rings is 1. The summed E-state index contributed by atoms with van der Waals surface area (Å²) < 4.78 is 6.54. The number of hydrogen-bond acceptors (Lipinski definition) is 2. The number of carbonyl (C=O) groups excluding carboxylic acids is 1. The molecule has 1 N–H and O–H groups in total. The maximum Gasteiger partial charge on any atom is 0.227 e. The molecule has 3 saturated carbocycles. The summed E-state index contributed by atoms with van der Waals surface area (Å²) in [6.45, 7) is 3.08.